The predicted molar refractivity (Wildman–Crippen MR) is 91.4 cm³/mol. The van der Waals surface area contributed by atoms with E-state index in [4.69, 9.17) is 0 Å². The number of pyridine rings is 1. The molecule has 1 fully saturated rings. The molecule has 1 N–H and O–H groups in total. The van der Waals surface area contributed by atoms with Crippen molar-refractivity contribution in [3.05, 3.63) is 24.0 Å². The number of anilines is 1. The number of aromatic nitrogens is 1. The fourth-order valence-electron chi connectivity index (χ4n) is 2.79. The van der Waals surface area contributed by atoms with Gasteiger partial charge in [0, 0.05) is 30.0 Å². The summed E-state index contributed by atoms with van der Waals surface area (Å²) >= 11 is 0. The number of amides is 1. The highest BCUT2D eigenvalue weighted by Gasteiger charge is 2.34. The van der Waals surface area contributed by atoms with Gasteiger partial charge < -0.3 is 10.2 Å². The van der Waals surface area contributed by atoms with Gasteiger partial charge in [0.25, 0.3) is 5.91 Å². The van der Waals surface area contributed by atoms with Crippen LogP contribution < -0.4 is 5.32 Å². The molecule has 7 heteroatoms. The summed E-state index contributed by atoms with van der Waals surface area (Å²) in [5.74, 6) is -0.0142. The third-order valence-corrected chi connectivity index (χ3v) is 5.50. The van der Waals surface area contributed by atoms with E-state index in [9.17, 15) is 13.2 Å². The Balaban J connectivity index is 2.20. The van der Waals surface area contributed by atoms with Crippen molar-refractivity contribution >= 4 is 21.4 Å². The molecular weight excluding hydrogens is 314 g/mol. The zero-order valence-electron chi connectivity index (χ0n) is 14.2. The molecule has 0 radical (unpaired) electrons. The van der Waals surface area contributed by atoms with Crippen molar-refractivity contribution < 1.29 is 13.2 Å². The van der Waals surface area contributed by atoms with Gasteiger partial charge in [-0.25, -0.2) is 8.42 Å². The van der Waals surface area contributed by atoms with Crippen LogP contribution in [-0.4, -0.2) is 53.8 Å². The Hall–Kier alpha value is -1.63. The van der Waals surface area contributed by atoms with E-state index in [0.29, 0.717) is 18.7 Å². The maximum absolute atomic E-state index is 12.7. The van der Waals surface area contributed by atoms with Gasteiger partial charge in [0.1, 0.15) is 5.69 Å². The maximum atomic E-state index is 12.7. The molecule has 23 heavy (non-hydrogen) atoms. The molecule has 2 rings (SSSR count). The number of carbonyl (C=O) groups is 1. The minimum absolute atomic E-state index is 0.0481. The van der Waals surface area contributed by atoms with Gasteiger partial charge in [-0.2, -0.15) is 0 Å². The van der Waals surface area contributed by atoms with E-state index >= 15 is 0 Å². The van der Waals surface area contributed by atoms with E-state index in [2.05, 4.69) is 10.3 Å². The van der Waals surface area contributed by atoms with Crippen LogP contribution >= 0.6 is 0 Å². The molecule has 1 saturated heterocycles. The van der Waals surface area contributed by atoms with Crippen LogP contribution in [-0.2, 0) is 9.84 Å². The number of sulfone groups is 1. The summed E-state index contributed by atoms with van der Waals surface area (Å²) in [5, 5.41) is 3.31. The molecule has 0 bridgehead atoms. The minimum atomic E-state index is -3.03. The Morgan fingerprint density at radius 3 is 2.65 bits per heavy atom. The second-order valence-electron chi connectivity index (χ2n) is 6.95. The lowest BCUT2D eigenvalue weighted by Crippen LogP contribution is -2.41. The minimum Gasteiger partial charge on any atom is -0.380 e. The first-order chi connectivity index (χ1) is 10.6. The van der Waals surface area contributed by atoms with E-state index in [-0.39, 0.29) is 29.0 Å². The first kappa shape index (κ1) is 17.7. The predicted octanol–water partition coefficient (Wildman–Crippen LogP) is 1.94. The molecule has 2 heterocycles. The summed E-state index contributed by atoms with van der Waals surface area (Å²) < 4.78 is 23.3. The molecule has 6 nitrogen and oxygen atoms in total. The second kappa shape index (κ2) is 6.47. The van der Waals surface area contributed by atoms with Crippen LogP contribution in [0.25, 0.3) is 0 Å². The number of hydrogen-bond donors (Lipinski definition) is 1. The van der Waals surface area contributed by atoms with Crippen molar-refractivity contribution in [3.63, 3.8) is 0 Å². The van der Waals surface area contributed by atoms with E-state index in [1.165, 1.54) is 0 Å². The monoisotopic (exact) mass is 339 g/mol. The number of rotatable bonds is 4. The molecule has 0 aliphatic carbocycles. The van der Waals surface area contributed by atoms with E-state index in [1.54, 1.807) is 17.2 Å². The molecule has 1 aliphatic rings. The van der Waals surface area contributed by atoms with Gasteiger partial charge in [-0.1, -0.05) is 0 Å². The summed E-state index contributed by atoms with van der Waals surface area (Å²) in [6.07, 6.45) is 2.10. The van der Waals surface area contributed by atoms with Gasteiger partial charge in [-0.3, -0.25) is 9.78 Å². The molecule has 0 saturated carbocycles. The van der Waals surface area contributed by atoms with Crippen LogP contribution in [0.1, 0.15) is 44.6 Å². The van der Waals surface area contributed by atoms with Crippen LogP contribution in [0.3, 0.4) is 0 Å². The zero-order chi connectivity index (χ0) is 17.3. The zero-order valence-corrected chi connectivity index (χ0v) is 15.0. The average Bonchev–Trinajstić information content (AvgIpc) is 2.78. The fraction of sp³-hybridized carbons (Fsp3) is 0.625. The average molecular weight is 339 g/mol. The topological polar surface area (TPSA) is 79.4 Å². The van der Waals surface area contributed by atoms with E-state index in [0.717, 1.165) is 5.69 Å². The third kappa shape index (κ3) is 4.67. The van der Waals surface area contributed by atoms with Crippen molar-refractivity contribution in [3.8, 4) is 0 Å². The van der Waals surface area contributed by atoms with Crippen LogP contribution in [0.2, 0.25) is 0 Å². The largest absolute Gasteiger partial charge is 0.380 e. The van der Waals surface area contributed by atoms with Gasteiger partial charge in [0.05, 0.1) is 11.5 Å². The van der Waals surface area contributed by atoms with Crippen LogP contribution in [0.5, 0.6) is 0 Å². The first-order valence-electron chi connectivity index (χ1n) is 7.87. The summed E-state index contributed by atoms with van der Waals surface area (Å²) in [5.41, 5.74) is 1.04. The molecule has 1 aromatic heterocycles. The van der Waals surface area contributed by atoms with Crippen molar-refractivity contribution in [2.24, 2.45) is 0 Å². The van der Waals surface area contributed by atoms with Gasteiger partial charge in [-0.05, 0) is 46.2 Å². The van der Waals surface area contributed by atoms with Gasteiger partial charge in [0.15, 0.2) is 9.84 Å². The van der Waals surface area contributed by atoms with E-state index in [1.807, 2.05) is 33.8 Å². The number of carbonyl (C=O) groups excluding carboxylic acids is 1. The third-order valence-electron chi connectivity index (χ3n) is 3.75. The highest BCUT2D eigenvalue weighted by molar-refractivity contribution is 7.91. The molecule has 1 amide bonds. The number of hydrogen-bond acceptors (Lipinski definition) is 5. The van der Waals surface area contributed by atoms with Crippen molar-refractivity contribution in [2.75, 3.05) is 23.4 Å². The quantitative estimate of drug-likeness (QED) is 0.907. The molecular formula is C16H25N3O3S. The number of nitrogens with one attached hydrogen (secondary N) is 1. The lowest BCUT2D eigenvalue weighted by molar-refractivity contribution is 0.0702. The van der Waals surface area contributed by atoms with Crippen LogP contribution in [0.4, 0.5) is 5.69 Å². The molecule has 128 valence electrons. The lowest BCUT2D eigenvalue weighted by atomic mass is 10.1. The standard InChI is InChI=1S/C16H25N3O3S/c1-5-19(13-7-9-23(21,22)11-13)15(20)14-10-12(6-8-17-14)18-16(2,3)4/h6,8,10,13H,5,7,9,11H2,1-4H3,(H,17,18). The van der Waals surface area contributed by atoms with Gasteiger partial charge >= 0.3 is 0 Å². The summed E-state index contributed by atoms with van der Waals surface area (Å²) in [6.45, 7) is 8.45. The lowest BCUT2D eigenvalue weighted by Gasteiger charge is -2.27. The molecule has 1 aliphatic heterocycles. The molecule has 1 aromatic rings. The van der Waals surface area contributed by atoms with Crippen molar-refractivity contribution in [1.82, 2.24) is 9.88 Å². The molecule has 1 unspecified atom stereocenters. The highest BCUT2D eigenvalue weighted by atomic mass is 32.2. The molecule has 1 atom stereocenters. The normalized spacial score (nSPS) is 20.3. The maximum Gasteiger partial charge on any atom is 0.272 e. The Labute approximate surface area is 138 Å². The van der Waals surface area contributed by atoms with Crippen LogP contribution in [0, 0.1) is 0 Å². The Morgan fingerprint density at radius 1 is 1.43 bits per heavy atom. The second-order valence-corrected chi connectivity index (χ2v) is 9.18. The van der Waals surface area contributed by atoms with Gasteiger partial charge in [-0.15, -0.1) is 0 Å². The molecule has 0 aromatic carbocycles. The van der Waals surface area contributed by atoms with Gasteiger partial charge in [0.2, 0.25) is 0 Å². The Bertz CT molecular complexity index is 680. The summed E-state index contributed by atoms with van der Waals surface area (Å²) in [4.78, 5) is 18.5. The SMILES string of the molecule is CCN(C(=O)c1cc(NC(C)(C)C)ccn1)C1CCS(=O)(=O)C1. The van der Waals surface area contributed by atoms with Crippen molar-refractivity contribution in [2.45, 2.75) is 45.7 Å². The number of nitrogens with zero attached hydrogens (tertiary/aromatic N) is 2. The smallest absolute Gasteiger partial charge is 0.272 e. The first-order valence-corrected chi connectivity index (χ1v) is 9.69. The molecule has 0 spiro atoms. The Morgan fingerprint density at radius 2 is 2.13 bits per heavy atom. The van der Waals surface area contributed by atoms with Crippen molar-refractivity contribution in [1.29, 1.82) is 0 Å². The van der Waals surface area contributed by atoms with E-state index < -0.39 is 9.84 Å². The van der Waals surface area contributed by atoms with Crippen LogP contribution in [0.15, 0.2) is 18.3 Å². The highest BCUT2D eigenvalue weighted by Crippen LogP contribution is 2.21. The summed E-state index contributed by atoms with van der Waals surface area (Å²) in [7, 11) is -3.03. The Kier molecular flexibility index (Phi) is 4.98. The summed E-state index contributed by atoms with van der Waals surface area (Å²) in [6, 6.07) is 3.29. The fourth-order valence-corrected chi connectivity index (χ4v) is 4.52.